The van der Waals surface area contributed by atoms with E-state index in [2.05, 4.69) is 0 Å². The zero-order chi connectivity index (χ0) is 11.7. The maximum atomic E-state index is 10.7. The summed E-state index contributed by atoms with van der Waals surface area (Å²) in [7, 11) is 3.13. The predicted octanol–water partition coefficient (Wildman–Crippen LogP) is -2.56. The van der Waals surface area contributed by atoms with Crippen LogP contribution >= 0.6 is 0 Å². The van der Waals surface area contributed by atoms with Crippen molar-refractivity contribution in [3.8, 4) is 0 Å². The molecule has 7 nitrogen and oxygen atoms in total. The normalized spacial score (nSPS) is 41.9. The number of carboxylic acids is 1. The van der Waals surface area contributed by atoms with Gasteiger partial charge in [-0.25, -0.2) is 4.79 Å². The maximum absolute atomic E-state index is 10.7. The Morgan fingerprint density at radius 1 is 1.13 bits per heavy atom. The predicted molar refractivity (Wildman–Crippen MR) is 48.0 cm³/mol. The average Bonchev–Trinajstić information content (AvgIpc) is 2.13. The molecule has 0 aliphatic carbocycles. The van der Waals surface area contributed by atoms with Crippen molar-refractivity contribution in [2.45, 2.75) is 30.6 Å². The number of likely N-dealkylation sites (N-methyl/N-ethyl adjacent to an activating group) is 1. The smallest absolute Gasteiger partial charge is 0.335 e. The molecule has 0 radical (unpaired) electrons. The molecule has 0 aromatic rings. The third kappa shape index (κ3) is 2.27. The van der Waals surface area contributed by atoms with Crippen molar-refractivity contribution in [2.24, 2.45) is 0 Å². The number of ether oxygens (including phenoxy) is 1. The van der Waals surface area contributed by atoms with E-state index < -0.39 is 36.6 Å². The van der Waals surface area contributed by atoms with Crippen LogP contribution < -0.4 is 0 Å². The molecule has 3 unspecified atom stereocenters. The summed E-state index contributed by atoms with van der Waals surface area (Å²) in [6.45, 7) is 0. The van der Waals surface area contributed by atoms with E-state index in [1.165, 1.54) is 4.90 Å². The van der Waals surface area contributed by atoms with Gasteiger partial charge in [-0.1, -0.05) is 0 Å². The van der Waals surface area contributed by atoms with E-state index in [1.54, 1.807) is 14.1 Å². The number of aliphatic hydroxyl groups is 3. The molecule has 1 heterocycles. The van der Waals surface area contributed by atoms with E-state index in [-0.39, 0.29) is 0 Å². The van der Waals surface area contributed by atoms with Gasteiger partial charge in [-0.2, -0.15) is 0 Å². The van der Waals surface area contributed by atoms with Crippen LogP contribution in [0.1, 0.15) is 0 Å². The molecule has 1 saturated heterocycles. The maximum Gasteiger partial charge on any atom is 0.335 e. The third-order valence-electron chi connectivity index (χ3n) is 2.34. The van der Waals surface area contributed by atoms with Gasteiger partial charge >= 0.3 is 5.97 Å². The SMILES string of the molecule is CN(C)C1OC(C(=O)O)[C@@H](O)C(O)[C@H]1O. The Morgan fingerprint density at radius 3 is 2.07 bits per heavy atom. The topological polar surface area (TPSA) is 110 Å². The molecule has 7 heteroatoms. The van der Waals surface area contributed by atoms with Crippen molar-refractivity contribution in [3.63, 3.8) is 0 Å². The number of nitrogens with zero attached hydrogens (tertiary/aromatic N) is 1. The number of hydrogen-bond donors (Lipinski definition) is 4. The Labute approximate surface area is 86.5 Å². The van der Waals surface area contributed by atoms with Crippen LogP contribution in [-0.4, -0.2) is 76.0 Å². The molecular formula is C8H15NO6. The highest BCUT2D eigenvalue weighted by Gasteiger charge is 2.47. The lowest BCUT2D eigenvalue weighted by molar-refractivity contribution is -0.253. The first-order chi connectivity index (χ1) is 6.86. The Hall–Kier alpha value is -0.730. The van der Waals surface area contributed by atoms with Crippen molar-refractivity contribution in [1.82, 2.24) is 4.90 Å². The number of carbonyl (C=O) groups is 1. The van der Waals surface area contributed by atoms with E-state index >= 15 is 0 Å². The fraction of sp³-hybridized carbons (Fsp3) is 0.875. The minimum Gasteiger partial charge on any atom is -0.479 e. The largest absolute Gasteiger partial charge is 0.479 e. The van der Waals surface area contributed by atoms with Crippen molar-refractivity contribution < 1.29 is 30.0 Å². The standard InChI is InChI=1S/C8H15NO6/c1-9(2)7-5(12)3(10)4(11)6(15-7)8(13)14/h3-7,10-12H,1-2H3,(H,13,14)/t3?,4-,5+,6?,7?/m0/s1. The zero-order valence-electron chi connectivity index (χ0n) is 8.44. The highest BCUT2D eigenvalue weighted by Crippen LogP contribution is 2.22. The summed E-state index contributed by atoms with van der Waals surface area (Å²) in [6, 6.07) is 0. The third-order valence-corrected chi connectivity index (χ3v) is 2.34. The molecule has 1 fully saturated rings. The highest BCUT2D eigenvalue weighted by molar-refractivity contribution is 5.73. The molecule has 1 aliphatic rings. The van der Waals surface area contributed by atoms with E-state index in [1.807, 2.05) is 0 Å². The van der Waals surface area contributed by atoms with Gasteiger partial charge in [0.2, 0.25) is 0 Å². The van der Waals surface area contributed by atoms with Crippen LogP contribution in [0.3, 0.4) is 0 Å². The van der Waals surface area contributed by atoms with E-state index in [0.29, 0.717) is 0 Å². The van der Waals surface area contributed by atoms with Crippen LogP contribution in [0.5, 0.6) is 0 Å². The Morgan fingerprint density at radius 2 is 1.67 bits per heavy atom. The minimum absolute atomic E-state index is 0.954. The summed E-state index contributed by atoms with van der Waals surface area (Å²) in [5.74, 6) is -1.37. The van der Waals surface area contributed by atoms with Crippen LogP contribution in [0, 0.1) is 0 Å². The van der Waals surface area contributed by atoms with Gasteiger partial charge in [0.05, 0.1) is 0 Å². The molecule has 0 aromatic carbocycles. The van der Waals surface area contributed by atoms with Gasteiger partial charge in [0.1, 0.15) is 24.5 Å². The van der Waals surface area contributed by atoms with Gasteiger partial charge in [-0.3, -0.25) is 4.90 Å². The van der Waals surface area contributed by atoms with E-state index in [0.717, 1.165) is 0 Å². The van der Waals surface area contributed by atoms with Gasteiger partial charge in [0, 0.05) is 0 Å². The lowest BCUT2D eigenvalue weighted by Gasteiger charge is -2.41. The fourth-order valence-electron chi connectivity index (χ4n) is 1.49. The first-order valence-electron chi connectivity index (χ1n) is 4.45. The van der Waals surface area contributed by atoms with Crippen molar-refractivity contribution >= 4 is 5.97 Å². The molecule has 4 N–H and O–H groups in total. The first kappa shape index (κ1) is 12.3. The quantitative estimate of drug-likeness (QED) is 0.406. The second-order valence-corrected chi connectivity index (χ2v) is 3.72. The molecule has 1 rings (SSSR count). The van der Waals surface area contributed by atoms with Crippen molar-refractivity contribution in [2.75, 3.05) is 14.1 Å². The van der Waals surface area contributed by atoms with Crippen LogP contribution in [0.4, 0.5) is 0 Å². The molecule has 0 amide bonds. The van der Waals surface area contributed by atoms with Gasteiger partial charge < -0.3 is 25.2 Å². The fourth-order valence-corrected chi connectivity index (χ4v) is 1.49. The molecule has 1 aliphatic heterocycles. The minimum atomic E-state index is -1.63. The molecule has 0 spiro atoms. The monoisotopic (exact) mass is 221 g/mol. The number of hydrogen-bond acceptors (Lipinski definition) is 6. The Bertz CT molecular complexity index is 245. The number of carboxylic acid groups (broad SMARTS) is 1. The zero-order valence-corrected chi connectivity index (χ0v) is 8.44. The first-order valence-corrected chi connectivity index (χ1v) is 4.45. The molecule has 5 atom stereocenters. The van der Waals surface area contributed by atoms with Gasteiger partial charge in [0.25, 0.3) is 0 Å². The molecule has 88 valence electrons. The van der Waals surface area contributed by atoms with E-state index in [4.69, 9.17) is 9.84 Å². The molecule has 0 bridgehead atoms. The highest BCUT2D eigenvalue weighted by atomic mass is 16.6. The molecule has 15 heavy (non-hydrogen) atoms. The average molecular weight is 221 g/mol. The van der Waals surface area contributed by atoms with Gasteiger partial charge in [0.15, 0.2) is 6.10 Å². The summed E-state index contributed by atoms with van der Waals surface area (Å²) in [5.41, 5.74) is 0. The second kappa shape index (κ2) is 4.42. The Kier molecular flexibility index (Phi) is 3.63. The lowest BCUT2D eigenvalue weighted by atomic mass is 9.98. The van der Waals surface area contributed by atoms with Crippen LogP contribution in [-0.2, 0) is 9.53 Å². The number of rotatable bonds is 2. The number of aliphatic hydroxyl groups excluding tert-OH is 3. The summed E-state index contributed by atoms with van der Waals surface area (Å²) in [5, 5.41) is 37.0. The van der Waals surface area contributed by atoms with Crippen molar-refractivity contribution in [1.29, 1.82) is 0 Å². The summed E-state index contributed by atoms with van der Waals surface area (Å²) < 4.78 is 4.97. The Balaban J connectivity index is 2.85. The summed E-state index contributed by atoms with van der Waals surface area (Å²) in [6.07, 6.45) is -6.99. The van der Waals surface area contributed by atoms with Gasteiger partial charge in [-0.15, -0.1) is 0 Å². The molecule has 0 aromatic heterocycles. The van der Waals surface area contributed by atoms with E-state index in [9.17, 15) is 20.1 Å². The molecular weight excluding hydrogens is 206 g/mol. The van der Waals surface area contributed by atoms with Crippen molar-refractivity contribution in [3.05, 3.63) is 0 Å². The summed E-state index contributed by atoms with van der Waals surface area (Å²) >= 11 is 0. The lowest BCUT2D eigenvalue weighted by Crippen LogP contribution is -2.63. The van der Waals surface area contributed by atoms with Crippen LogP contribution in [0.25, 0.3) is 0 Å². The van der Waals surface area contributed by atoms with Gasteiger partial charge in [-0.05, 0) is 14.1 Å². The molecule has 0 saturated carbocycles. The van der Waals surface area contributed by atoms with Crippen LogP contribution in [0.15, 0.2) is 0 Å². The number of aliphatic carboxylic acids is 1. The van der Waals surface area contributed by atoms with Crippen LogP contribution in [0.2, 0.25) is 0 Å². The second-order valence-electron chi connectivity index (χ2n) is 3.72. The summed E-state index contributed by atoms with van der Waals surface area (Å²) in [4.78, 5) is 12.1.